The molecule has 5 aliphatic rings. The van der Waals surface area contributed by atoms with Crippen molar-refractivity contribution in [1.29, 1.82) is 0 Å². The van der Waals surface area contributed by atoms with Crippen LogP contribution in [0.3, 0.4) is 0 Å². The molecular weight excluding hydrogens is 520 g/mol. The Kier molecular flexibility index (Phi) is 5.86. The zero-order valence-corrected chi connectivity index (χ0v) is 23.7. The van der Waals surface area contributed by atoms with Gasteiger partial charge in [-0.25, -0.2) is 0 Å². The van der Waals surface area contributed by atoms with Gasteiger partial charge in [0.15, 0.2) is 11.9 Å². The Morgan fingerprint density at radius 3 is 2.25 bits per heavy atom. The fourth-order valence-electron chi connectivity index (χ4n) is 10.5. The number of fused-ring (bicyclic) bond motifs is 4. The number of ether oxygens (including phenoxy) is 3. The van der Waals surface area contributed by atoms with Gasteiger partial charge in [0.25, 0.3) is 0 Å². The SMILES string of the molecule is CC(=O)O[C@H]1C(=O)C2[C@](C)(C3C(=O)C[C@@H](c4ccoc4)[C@@]31C)[C@H](O)[C@@H]1OC[C@@]3(C)C1[C@]2(C)[C@@H](O)C[C@H]3OC(C)=O. The summed E-state index contributed by atoms with van der Waals surface area (Å²) in [7, 11) is 0. The average Bonchev–Trinajstić information content (AvgIpc) is 3.57. The summed E-state index contributed by atoms with van der Waals surface area (Å²) >= 11 is 0. The highest BCUT2D eigenvalue weighted by Crippen LogP contribution is 2.75. The Morgan fingerprint density at radius 2 is 1.65 bits per heavy atom. The molecule has 10 nitrogen and oxygen atoms in total. The van der Waals surface area contributed by atoms with Gasteiger partial charge in [-0.1, -0.05) is 27.7 Å². The van der Waals surface area contributed by atoms with Gasteiger partial charge in [-0.05, 0) is 11.6 Å². The lowest BCUT2D eigenvalue weighted by molar-refractivity contribution is -0.282. The normalized spacial score (nSPS) is 51.0. The van der Waals surface area contributed by atoms with Crippen molar-refractivity contribution in [3.05, 3.63) is 24.2 Å². The standard InChI is InChI=1S/C30H38O10/c1-13(31)39-19-10-18(34)29(5)23-20(35)26(40-14(2)32)28(4)16(15-7-8-37-11-15)9-17(33)22(28)30(23,6)25(36)21-24(29)27(19,3)12-38-21/h7-8,11,16,18-19,21-26,34,36H,9-10,12H2,1-6H3/t16-,18-,19+,21+,22?,23?,24?,25+,26-,27+,28-,29+,30-/m0/s1. The molecule has 6 rings (SSSR count). The Hall–Kier alpha value is -2.56. The molecule has 13 atom stereocenters. The van der Waals surface area contributed by atoms with E-state index in [0.29, 0.717) is 5.56 Å². The second-order valence-corrected chi connectivity index (χ2v) is 13.7. The van der Waals surface area contributed by atoms with E-state index in [9.17, 15) is 29.4 Å². The maximum absolute atomic E-state index is 14.9. The quantitative estimate of drug-likeness (QED) is 0.529. The number of rotatable bonds is 3. The molecule has 3 unspecified atom stereocenters. The van der Waals surface area contributed by atoms with E-state index >= 15 is 0 Å². The first-order valence-corrected chi connectivity index (χ1v) is 14.0. The number of carbonyl (C=O) groups is 4. The second-order valence-electron chi connectivity index (χ2n) is 13.7. The van der Waals surface area contributed by atoms with Crippen molar-refractivity contribution >= 4 is 23.5 Å². The van der Waals surface area contributed by atoms with Crippen LogP contribution in [0.5, 0.6) is 0 Å². The zero-order chi connectivity index (χ0) is 29.2. The van der Waals surface area contributed by atoms with Crippen LogP contribution in [-0.4, -0.2) is 70.8 Å². The van der Waals surface area contributed by atoms with Crippen molar-refractivity contribution in [2.45, 2.75) is 90.8 Å². The van der Waals surface area contributed by atoms with Gasteiger partial charge in [0.05, 0.1) is 37.4 Å². The van der Waals surface area contributed by atoms with E-state index in [2.05, 4.69) is 0 Å². The zero-order valence-electron chi connectivity index (χ0n) is 23.7. The molecule has 218 valence electrons. The Bertz CT molecular complexity index is 1270. The van der Waals surface area contributed by atoms with Crippen molar-refractivity contribution in [3.63, 3.8) is 0 Å². The van der Waals surface area contributed by atoms with Crippen LogP contribution in [0.4, 0.5) is 0 Å². The first-order valence-electron chi connectivity index (χ1n) is 14.0. The molecule has 1 aromatic heterocycles. The predicted octanol–water partition coefficient (Wildman–Crippen LogP) is 2.19. The van der Waals surface area contributed by atoms with Crippen LogP contribution in [0.15, 0.2) is 23.0 Å². The van der Waals surface area contributed by atoms with Gasteiger partial charge in [0.2, 0.25) is 0 Å². The van der Waals surface area contributed by atoms with Crippen molar-refractivity contribution in [3.8, 4) is 0 Å². The highest BCUT2D eigenvalue weighted by Gasteiger charge is 2.82. The third-order valence-electron chi connectivity index (χ3n) is 11.7. The Morgan fingerprint density at radius 1 is 0.975 bits per heavy atom. The number of hydrogen-bond acceptors (Lipinski definition) is 10. The summed E-state index contributed by atoms with van der Waals surface area (Å²) in [4.78, 5) is 53.4. The first-order chi connectivity index (χ1) is 18.6. The lowest BCUT2D eigenvalue weighted by Gasteiger charge is -2.69. The highest BCUT2D eigenvalue weighted by atomic mass is 16.6. The maximum Gasteiger partial charge on any atom is 0.303 e. The minimum atomic E-state index is -1.34. The number of furan rings is 1. The molecule has 1 aliphatic heterocycles. The number of ketones is 2. The molecule has 0 amide bonds. The fourth-order valence-corrected chi connectivity index (χ4v) is 10.5. The van der Waals surface area contributed by atoms with E-state index in [1.54, 1.807) is 19.9 Å². The van der Waals surface area contributed by atoms with E-state index < -0.39 is 93.6 Å². The maximum atomic E-state index is 14.9. The van der Waals surface area contributed by atoms with Crippen LogP contribution in [0.1, 0.15) is 65.9 Å². The van der Waals surface area contributed by atoms with E-state index in [-0.39, 0.29) is 25.2 Å². The van der Waals surface area contributed by atoms with E-state index in [0.717, 1.165) is 0 Å². The van der Waals surface area contributed by atoms with Crippen LogP contribution < -0.4 is 0 Å². The van der Waals surface area contributed by atoms with Gasteiger partial charge in [-0.15, -0.1) is 0 Å². The van der Waals surface area contributed by atoms with Crippen LogP contribution >= 0.6 is 0 Å². The minimum Gasteiger partial charge on any atom is -0.472 e. The van der Waals surface area contributed by atoms with Gasteiger partial charge in [-0.3, -0.25) is 19.2 Å². The monoisotopic (exact) mass is 558 g/mol. The summed E-state index contributed by atoms with van der Waals surface area (Å²) in [5.41, 5.74) is -3.78. The molecule has 1 aromatic rings. The molecule has 1 saturated heterocycles. The van der Waals surface area contributed by atoms with Crippen LogP contribution in [-0.2, 0) is 33.4 Å². The molecule has 2 N–H and O–H groups in total. The number of aliphatic hydroxyl groups excluding tert-OH is 2. The number of esters is 2. The Labute approximate surface area is 232 Å². The summed E-state index contributed by atoms with van der Waals surface area (Å²) in [5.74, 6) is -4.70. The molecular formula is C30H38O10. The molecule has 2 heterocycles. The molecule has 40 heavy (non-hydrogen) atoms. The molecule has 0 aromatic carbocycles. The summed E-state index contributed by atoms with van der Waals surface area (Å²) in [6.07, 6.45) is -1.97. The lowest BCUT2D eigenvalue weighted by atomic mass is 9.34. The molecule has 5 fully saturated rings. The third-order valence-corrected chi connectivity index (χ3v) is 11.7. The third kappa shape index (κ3) is 3.10. The minimum absolute atomic E-state index is 0.0703. The summed E-state index contributed by atoms with van der Waals surface area (Å²) in [5, 5.41) is 24.0. The largest absolute Gasteiger partial charge is 0.472 e. The van der Waals surface area contributed by atoms with Gasteiger partial charge in [-0.2, -0.15) is 0 Å². The van der Waals surface area contributed by atoms with Gasteiger partial charge in [0, 0.05) is 72.0 Å². The molecule has 0 spiro atoms. The topological polar surface area (TPSA) is 150 Å². The molecule has 4 aliphatic carbocycles. The van der Waals surface area contributed by atoms with Gasteiger partial charge >= 0.3 is 11.9 Å². The number of carbonyl (C=O) groups excluding carboxylic acids is 4. The summed E-state index contributed by atoms with van der Waals surface area (Å²) in [6.45, 7) is 9.97. The number of aliphatic hydroxyl groups is 2. The highest BCUT2D eigenvalue weighted by molar-refractivity contribution is 5.97. The summed E-state index contributed by atoms with van der Waals surface area (Å²) < 4.78 is 23.1. The smallest absolute Gasteiger partial charge is 0.303 e. The van der Waals surface area contributed by atoms with Gasteiger partial charge < -0.3 is 28.8 Å². The first kappa shape index (κ1) is 27.6. The van der Waals surface area contributed by atoms with Crippen molar-refractivity contribution in [2.24, 2.45) is 39.4 Å². The Balaban J connectivity index is 1.57. The molecule has 0 bridgehead atoms. The second kappa shape index (κ2) is 8.49. The van der Waals surface area contributed by atoms with Crippen LogP contribution in [0.25, 0.3) is 0 Å². The lowest BCUT2D eigenvalue weighted by Crippen LogP contribution is -2.78. The van der Waals surface area contributed by atoms with Crippen molar-refractivity contribution in [2.75, 3.05) is 6.61 Å². The van der Waals surface area contributed by atoms with E-state index in [1.807, 2.05) is 13.8 Å². The van der Waals surface area contributed by atoms with Crippen LogP contribution in [0, 0.1) is 39.4 Å². The summed E-state index contributed by atoms with van der Waals surface area (Å²) in [6, 6.07) is 1.75. The van der Waals surface area contributed by atoms with Gasteiger partial charge in [0.1, 0.15) is 11.9 Å². The van der Waals surface area contributed by atoms with E-state index in [1.165, 1.54) is 26.4 Å². The predicted molar refractivity (Wildman–Crippen MR) is 136 cm³/mol. The van der Waals surface area contributed by atoms with Crippen LogP contribution in [0.2, 0.25) is 0 Å². The van der Waals surface area contributed by atoms with Crippen molar-refractivity contribution < 1.29 is 48.0 Å². The molecule has 0 radical (unpaired) electrons. The number of Topliss-reactive ketones (excluding diaryl/α,β-unsaturated/α-hetero) is 2. The van der Waals surface area contributed by atoms with Crippen molar-refractivity contribution in [1.82, 2.24) is 0 Å². The average molecular weight is 559 g/mol. The molecule has 4 saturated carbocycles. The van der Waals surface area contributed by atoms with E-state index in [4.69, 9.17) is 18.6 Å². The molecule has 10 heteroatoms. The fraction of sp³-hybridized carbons (Fsp3) is 0.733. The number of hydrogen-bond donors (Lipinski definition) is 2.